The van der Waals surface area contributed by atoms with Crippen LogP contribution >= 0.6 is 0 Å². The van der Waals surface area contributed by atoms with E-state index in [1.165, 1.54) is 21.5 Å². The molecule has 0 amide bonds. The maximum Gasteiger partial charge on any atom is 0.489 e. The minimum Gasteiger partial charge on any atom is -0.423 e. The number of nitrogens with zero attached hydrogens (tertiary/aromatic N) is 1. The van der Waals surface area contributed by atoms with E-state index in [0.717, 1.165) is 27.5 Å². The minimum atomic E-state index is -1.52. The maximum atomic E-state index is 9.95. The molecule has 6 rings (SSSR count). The molecule has 1 aromatic heterocycles. The molecule has 3 nitrogen and oxygen atoms in total. The summed E-state index contributed by atoms with van der Waals surface area (Å²) < 4.78 is 2.20. The predicted molar refractivity (Wildman–Crippen MR) is 126 cm³/mol. The molecule has 30 heavy (non-hydrogen) atoms. The third kappa shape index (κ3) is 2.41. The molecule has 6 aromatic rings. The van der Waals surface area contributed by atoms with E-state index in [1.807, 2.05) is 30.3 Å². The maximum absolute atomic E-state index is 9.95. The van der Waals surface area contributed by atoms with Crippen LogP contribution in [0.1, 0.15) is 0 Å². The van der Waals surface area contributed by atoms with Crippen LogP contribution in [0.15, 0.2) is 97.1 Å². The highest BCUT2D eigenvalue weighted by Crippen LogP contribution is 2.33. The van der Waals surface area contributed by atoms with E-state index in [4.69, 9.17) is 0 Å². The van der Waals surface area contributed by atoms with Crippen LogP contribution in [-0.2, 0) is 0 Å². The summed E-state index contributed by atoms with van der Waals surface area (Å²) in [5.41, 5.74) is 3.57. The molecule has 4 heteroatoms. The smallest absolute Gasteiger partial charge is 0.423 e. The molecule has 1 heterocycles. The Morgan fingerprint density at radius 3 is 2.13 bits per heavy atom. The molecule has 0 saturated carbocycles. The second-order valence-corrected chi connectivity index (χ2v) is 7.66. The Hall–Kier alpha value is -3.60. The molecule has 2 N–H and O–H groups in total. The van der Waals surface area contributed by atoms with Crippen LogP contribution < -0.4 is 5.46 Å². The first kappa shape index (κ1) is 17.3. The van der Waals surface area contributed by atoms with Crippen molar-refractivity contribution in [2.24, 2.45) is 0 Å². The summed E-state index contributed by atoms with van der Waals surface area (Å²) in [6.07, 6.45) is 0. The third-order valence-electron chi connectivity index (χ3n) is 5.99. The molecule has 0 saturated heterocycles. The van der Waals surface area contributed by atoms with Gasteiger partial charge in [-0.05, 0) is 51.3 Å². The second-order valence-electron chi connectivity index (χ2n) is 7.66. The lowest BCUT2D eigenvalue weighted by Crippen LogP contribution is -2.30. The first-order valence-electron chi connectivity index (χ1n) is 10.0. The van der Waals surface area contributed by atoms with Gasteiger partial charge in [0.1, 0.15) is 0 Å². The molecular weight excluding hydrogens is 369 g/mol. The number of aromatic nitrogens is 1. The molecule has 0 fully saturated rings. The lowest BCUT2D eigenvalue weighted by atomic mass is 9.77. The second kappa shape index (κ2) is 6.46. The highest BCUT2D eigenvalue weighted by molar-refractivity contribution is 6.63. The van der Waals surface area contributed by atoms with Gasteiger partial charge in [0.05, 0.1) is 11.0 Å². The molecule has 142 valence electrons. The molecule has 0 unspecified atom stereocenters. The van der Waals surface area contributed by atoms with Crippen molar-refractivity contribution >= 4 is 55.9 Å². The van der Waals surface area contributed by atoms with Crippen molar-refractivity contribution in [1.82, 2.24) is 4.57 Å². The highest BCUT2D eigenvalue weighted by Gasteiger charge is 2.20. The van der Waals surface area contributed by atoms with Gasteiger partial charge in [-0.2, -0.15) is 0 Å². The van der Waals surface area contributed by atoms with Crippen molar-refractivity contribution in [2.45, 2.75) is 0 Å². The molecule has 0 bridgehead atoms. The summed E-state index contributed by atoms with van der Waals surface area (Å²) in [6.45, 7) is 0. The van der Waals surface area contributed by atoms with Gasteiger partial charge < -0.3 is 14.6 Å². The van der Waals surface area contributed by atoms with Gasteiger partial charge in [0.25, 0.3) is 0 Å². The van der Waals surface area contributed by atoms with Crippen LogP contribution in [-0.4, -0.2) is 21.7 Å². The third-order valence-corrected chi connectivity index (χ3v) is 5.99. The van der Waals surface area contributed by atoms with E-state index in [9.17, 15) is 10.0 Å². The standard InChI is InChI=1S/C26H18BNO2/c29-27(30)23-9-5-11-25-26(23)22-8-3-4-10-24(22)28(25)19-14-15-21-18(16-19)13-12-17-6-1-2-7-20(17)21/h1-16,29-30H. The summed E-state index contributed by atoms with van der Waals surface area (Å²) in [4.78, 5) is 0. The summed E-state index contributed by atoms with van der Waals surface area (Å²) in [5, 5.41) is 26.7. The number of para-hydroxylation sites is 1. The summed E-state index contributed by atoms with van der Waals surface area (Å²) in [7, 11) is -1.52. The molecule has 0 radical (unpaired) electrons. The van der Waals surface area contributed by atoms with Crippen LogP contribution in [0.3, 0.4) is 0 Å². The Morgan fingerprint density at radius 2 is 1.27 bits per heavy atom. The molecule has 0 aliphatic carbocycles. The van der Waals surface area contributed by atoms with E-state index in [1.54, 1.807) is 6.07 Å². The number of fused-ring (bicyclic) bond motifs is 6. The van der Waals surface area contributed by atoms with Gasteiger partial charge in [-0.25, -0.2) is 0 Å². The van der Waals surface area contributed by atoms with Gasteiger partial charge in [-0.1, -0.05) is 72.8 Å². The van der Waals surface area contributed by atoms with E-state index >= 15 is 0 Å². The number of benzene rings is 5. The Morgan fingerprint density at radius 1 is 0.567 bits per heavy atom. The monoisotopic (exact) mass is 387 g/mol. The largest absolute Gasteiger partial charge is 0.489 e. The average Bonchev–Trinajstić information content (AvgIpc) is 3.13. The van der Waals surface area contributed by atoms with Crippen LogP contribution in [0, 0.1) is 0 Å². The molecule has 0 aliphatic heterocycles. The fourth-order valence-corrected chi connectivity index (χ4v) is 4.68. The minimum absolute atomic E-state index is 0.522. The Labute approximate surface area is 173 Å². The fourth-order valence-electron chi connectivity index (χ4n) is 4.68. The Balaban J connectivity index is 1.71. The van der Waals surface area contributed by atoms with Gasteiger partial charge in [0.15, 0.2) is 0 Å². The van der Waals surface area contributed by atoms with Crippen molar-refractivity contribution in [3.63, 3.8) is 0 Å². The molecular formula is C26H18BNO2. The zero-order valence-electron chi connectivity index (χ0n) is 16.2. The zero-order chi connectivity index (χ0) is 20.2. The summed E-state index contributed by atoms with van der Waals surface area (Å²) in [6, 6.07) is 33.1. The summed E-state index contributed by atoms with van der Waals surface area (Å²) >= 11 is 0. The number of hydrogen-bond donors (Lipinski definition) is 2. The van der Waals surface area contributed by atoms with Gasteiger partial charge in [-0.15, -0.1) is 0 Å². The van der Waals surface area contributed by atoms with E-state index in [0.29, 0.717) is 5.46 Å². The normalized spacial score (nSPS) is 11.7. The SMILES string of the molecule is OB(O)c1cccc2c1c1ccccc1n2-c1ccc2c(ccc3ccccc32)c1. The van der Waals surface area contributed by atoms with Gasteiger partial charge in [0, 0.05) is 16.5 Å². The van der Waals surface area contributed by atoms with Crippen LogP contribution in [0.25, 0.3) is 49.0 Å². The van der Waals surface area contributed by atoms with Gasteiger partial charge in [-0.3, -0.25) is 0 Å². The van der Waals surface area contributed by atoms with Gasteiger partial charge in [0.2, 0.25) is 0 Å². The Kier molecular flexibility index (Phi) is 3.72. The van der Waals surface area contributed by atoms with E-state index in [-0.39, 0.29) is 0 Å². The summed E-state index contributed by atoms with van der Waals surface area (Å²) in [5.74, 6) is 0. The van der Waals surface area contributed by atoms with E-state index < -0.39 is 7.12 Å². The van der Waals surface area contributed by atoms with E-state index in [2.05, 4.69) is 65.2 Å². The zero-order valence-corrected chi connectivity index (χ0v) is 16.2. The van der Waals surface area contributed by atoms with Crippen molar-refractivity contribution in [3.05, 3.63) is 97.1 Å². The predicted octanol–water partition coefficient (Wildman–Crippen LogP) is 4.77. The van der Waals surface area contributed by atoms with Gasteiger partial charge >= 0.3 is 7.12 Å². The van der Waals surface area contributed by atoms with Crippen molar-refractivity contribution in [1.29, 1.82) is 0 Å². The fraction of sp³-hybridized carbons (Fsp3) is 0. The molecule has 5 aromatic carbocycles. The Bertz CT molecular complexity index is 1580. The topological polar surface area (TPSA) is 45.4 Å². The molecule has 0 atom stereocenters. The van der Waals surface area contributed by atoms with Crippen molar-refractivity contribution in [2.75, 3.05) is 0 Å². The lowest BCUT2D eigenvalue weighted by Gasteiger charge is -2.11. The van der Waals surface area contributed by atoms with Crippen LogP contribution in [0.4, 0.5) is 0 Å². The molecule has 0 spiro atoms. The average molecular weight is 387 g/mol. The first-order valence-corrected chi connectivity index (χ1v) is 10.0. The number of hydrogen-bond acceptors (Lipinski definition) is 2. The number of rotatable bonds is 2. The van der Waals surface area contributed by atoms with Crippen molar-refractivity contribution < 1.29 is 10.0 Å². The van der Waals surface area contributed by atoms with Crippen molar-refractivity contribution in [3.8, 4) is 5.69 Å². The first-order chi connectivity index (χ1) is 14.7. The molecule has 0 aliphatic rings. The quantitative estimate of drug-likeness (QED) is 0.332. The van der Waals surface area contributed by atoms with Crippen LogP contribution in [0.5, 0.6) is 0 Å². The highest BCUT2D eigenvalue weighted by atomic mass is 16.4. The lowest BCUT2D eigenvalue weighted by molar-refractivity contribution is 0.426. The van der Waals surface area contributed by atoms with Crippen LogP contribution in [0.2, 0.25) is 0 Å².